The van der Waals surface area contributed by atoms with Crippen molar-refractivity contribution in [3.8, 4) is 0 Å². The summed E-state index contributed by atoms with van der Waals surface area (Å²) < 4.78 is 0. The van der Waals surface area contributed by atoms with E-state index in [-0.39, 0.29) is 24.8 Å². The number of amides is 1. The van der Waals surface area contributed by atoms with Gasteiger partial charge in [-0.05, 0) is 19.4 Å². The molecular weight excluding hydrogens is 184 g/mol. The number of carboxylic acid groups (broad SMARTS) is 1. The van der Waals surface area contributed by atoms with E-state index in [2.05, 4.69) is 10.6 Å². The molecule has 5 heteroatoms. The van der Waals surface area contributed by atoms with E-state index in [1.807, 2.05) is 0 Å². The molecule has 1 atom stereocenters. The van der Waals surface area contributed by atoms with Gasteiger partial charge >= 0.3 is 5.97 Å². The number of hydrogen-bond acceptors (Lipinski definition) is 3. The van der Waals surface area contributed by atoms with E-state index in [4.69, 9.17) is 5.11 Å². The van der Waals surface area contributed by atoms with Crippen LogP contribution >= 0.6 is 0 Å². The molecule has 1 aliphatic heterocycles. The second-order valence-electron chi connectivity index (χ2n) is 3.48. The van der Waals surface area contributed by atoms with Gasteiger partial charge in [0.25, 0.3) is 0 Å². The smallest absolute Gasteiger partial charge is 0.305 e. The molecule has 14 heavy (non-hydrogen) atoms. The first kappa shape index (κ1) is 11.0. The molecule has 3 N–H and O–H groups in total. The van der Waals surface area contributed by atoms with Crippen LogP contribution in [0, 0.1) is 5.92 Å². The summed E-state index contributed by atoms with van der Waals surface area (Å²) in [5.74, 6) is -0.900. The SMILES string of the molecule is O=C(O)CCNC(=O)[C@H]1CCCNC1. The molecule has 1 fully saturated rings. The number of hydrogen-bond donors (Lipinski definition) is 3. The van der Waals surface area contributed by atoms with E-state index < -0.39 is 5.97 Å². The van der Waals surface area contributed by atoms with Gasteiger partial charge in [0.1, 0.15) is 0 Å². The van der Waals surface area contributed by atoms with Crippen molar-refractivity contribution >= 4 is 11.9 Å². The Labute approximate surface area is 82.9 Å². The fraction of sp³-hybridized carbons (Fsp3) is 0.778. The van der Waals surface area contributed by atoms with Gasteiger partial charge in [-0.3, -0.25) is 9.59 Å². The first-order valence-electron chi connectivity index (χ1n) is 4.90. The minimum absolute atomic E-state index is 0.00805. The first-order chi connectivity index (χ1) is 6.70. The molecule has 0 aromatic rings. The highest BCUT2D eigenvalue weighted by atomic mass is 16.4. The third kappa shape index (κ3) is 3.74. The Kier molecular flexibility index (Phi) is 4.39. The van der Waals surface area contributed by atoms with Gasteiger partial charge in [-0.1, -0.05) is 0 Å². The number of nitrogens with one attached hydrogen (secondary N) is 2. The molecule has 1 amide bonds. The van der Waals surface area contributed by atoms with Crippen molar-refractivity contribution in [3.05, 3.63) is 0 Å². The first-order valence-corrected chi connectivity index (χ1v) is 4.90. The molecule has 0 aromatic heterocycles. The maximum atomic E-state index is 11.4. The summed E-state index contributed by atoms with van der Waals surface area (Å²) in [4.78, 5) is 21.6. The average molecular weight is 200 g/mol. The number of aliphatic carboxylic acids is 1. The van der Waals surface area contributed by atoms with Crippen LogP contribution < -0.4 is 10.6 Å². The van der Waals surface area contributed by atoms with Gasteiger partial charge in [0.15, 0.2) is 0 Å². The Morgan fingerprint density at radius 1 is 1.50 bits per heavy atom. The highest BCUT2D eigenvalue weighted by molar-refractivity contribution is 5.79. The second-order valence-corrected chi connectivity index (χ2v) is 3.48. The van der Waals surface area contributed by atoms with E-state index in [0.29, 0.717) is 6.54 Å². The van der Waals surface area contributed by atoms with Gasteiger partial charge < -0.3 is 15.7 Å². The van der Waals surface area contributed by atoms with E-state index in [0.717, 1.165) is 19.4 Å². The van der Waals surface area contributed by atoms with Crippen molar-refractivity contribution in [2.75, 3.05) is 19.6 Å². The zero-order valence-corrected chi connectivity index (χ0v) is 8.08. The van der Waals surface area contributed by atoms with Crippen LogP contribution in [-0.4, -0.2) is 36.6 Å². The Hall–Kier alpha value is -1.10. The summed E-state index contributed by atoms with van der Waals surface area (Å²) in [6, 6.07) is 0. The molecule has 0 unspecified atom stereocenters. The van der Waals surface area contributed by atoms with E-state index >= 15 is 0 Å². The Bertz CT molecular complexity index is 212. The normalized spacial score (nSPS) is 21.6. The lowest BCUT2D eigenvalue weighted by atomic mass is 9.99. The van der Waals surface area contributed by atoms with E-state index in [1.54, 1.807) is 0 Å². The molecular formula is C9H16N2O3. The maximum absolute atomic E-state index is 11.4. The highest BCUT2D eigenvalue weighted by Gasteiger charge is 2.20. The predicted molar refractivity (Wildman–Crippen MR) is 50.9 cm³/mol. The van der Waals surface area contributed by atoms with E-state index in [9.17, 15) is 9.59 Å². The van der Waals surface area contributed by atoms with Crippen molar-refractivity contribution in [1.82, 2.24) is 10.6 Å². The summed E-state index contributed by atoms with van der Waals surface area (Å²) in [5, 5.41) is 14.1. The monoisotopic (exact) mass is 200 g/mol. The van der Waals surface area contributed by atoms with Crippen molar-refractivity contribution in [3.63, 3.8) is 0 Å². The quantitative estimate of drug-likeness (QED) is 0.575. The Morgan fingerprint density at radius 3 is 2.86 bits per heavy atom. The molecule has 0 radical (unpaired) electrons. The number of carboxylic acids is 1. The molecule has 0 aliphatic carbocycles. The van der Waals surface area contributed by atoms with Crippen LogP contribution in [0.2, 0.25) is 0 Å². The molecule has 1 aliphatic rings. The molecule has 0 saturated carbocycles. The summed E-state index contributed by atoms with van der Waals surface area (Å²) in [6.45, 7) is 1.91. The van der Waals surface area contributed by atoms with Crippen LogP contribution in [0.15, 0.2) is 0 Å². The van der Waals surface area contributed by atoms with Crippen molar-refractivity contribution in [2.24, 2.45) is 5.92 Å². The van der Waals surface area contributed by atoms with Gasteiger partial charge in [-0.15, -0.1) is 0 Å². The van der Waals surface area contributed by atoms with E-state index in [1.165, 1.54) is 0 Å². The minimum atomic E-state index is -0.882. The molecule has 1 rings (SSSR count). The van der Waals surface area contributed by atoms with Gasteiger partial charge in [0, 0.05) is 13.1 Å². The Balaban J connectivity index is 2.16. The lowest BCUT2D eigenvalue weighted by Gasteiger charge is -2.21. The molecule has 0 spiro atoms. The largest absolute Gasteiger partial charge is 0.481 e. The molecule has 0 bridgehead atoms. The summed E-state index contributed by atoms with van der Waals surface area (Å²) >= 11 is 0. The lowest BCUT2D eigenvalue weighted by molar-refractivity contribution is -0.137. The molecule has 0 aromatic carbocycles. The Morgan fingerprint density at radius 2 is 2.29 bits per heavy atom. The van der Waals surface area contributed by atoms with Gasteiger partial charge in [0.2, 0.25) is 5.91 Å². The summed E-state index contributed by atoms with van der Waals surface area (Å²) in [7, 11) is 0. The van der Waals surface area contributed by atoms with Crippen LogP contribution in [-0.2, 0) is 9.59 Å². The summed E-state index contributed by atoms with van der Waals surface area (Å²) in [6.07, 6.45) is 1.90. The summed E-state index contributed by atoms with van der Waals surface area (Å²) in [5.41, 5.74) is 0. The molecule has 1 heterocycles. The zero-order valence-electron chi connectivity index (χ0n) is 8.08. The van der Waals surface area contributed by atoms with Crippen LogP contribution in [0.25, 0.3) is 0 Å². The van der Waals surface area contributed by atoms with Crippen LogP contribution in [0.5, 0.6) is 0 Å². The fourth-order valence-electron chi connectivity index (χ4n) is 1.51. The van der Waals surface area contributed by atoms with Crippen molar-refractivity contribution in [2.45, 2.75) is 19.3 Å². The van der Waals surface area contributed by atoms with Crippen LogP contribution in [0.3, 0.4) is 0 Å². The van der Waals surface area contributed by atoms with Crippen LogP contribution in [0.1, 0.15) is 19.3 Å². The van der Waals surface area contributed by atoms with Crippen LogP contribution in [0.4, 0.5) is 0 Å². The van der Waals surface area contributed by atoms with Gasteiger partial charge in [-0.2, -0.15) is 0 Å². The lowest BCUT2D eigenvalue weighted by Crippen LogP contribution is -2.41. The molecule has 80 valence electrons. The zero-order chi connectivity index (χ0) is 10.4. The second kappa shape index (κ2) is 5.59. The highest BCUT2D eigenvalue weighted by Crippen LogP contribution is 2.09. The van der Waals surface area contributed by atoms with Crippen molar-refractivity contribution in [1.29, 1.82) is 0 Å². The average Bonchev–Trinajstić information content (AvgIpc) is 2.18. The third-order valence-electron chi connectivity index (χ3n) is 2.31. The predicted octanol–water partition coefficient (Wildman–Crippen LogP) is -0.423. The van der Waals surface area contributed by atoms with Gasteiger partial charge in [-0.25, -0.2) is 0 Å². The fourth-order valence-corrected chi connectivity index (χ4v) is 1.51. The molecule has 1 saturated heterocycles. The van der Waals surface area contributed by atoms with Crippen molar-refractivity contribution < 1.29 is 14.7 Å². The maximum Gasteiger partial charge on any atom is 0.305 e. The topological polar surface area (TPSA) is 78.4 Å². The molecule has 5 nitrogen and oxygen atoms in total. The minimum Gasteiger partial charge on any atom is -0.481 e. The number of carbonyl (C=O) groups excluding carboxylic acids is 1. The number of piperidine rings is 1. The van der Waals surface area contributed by atoms with Gasteiger partial charge in [0.05, 0.1) is 12.3 Å². The number of carbonyl (C=O) groups is 2. The number of rotatable bonds is 4. The third-order valence-corrected chi connectivity index (χ3v) is 2.31. The standard InChI is InChI=1S/C9H16N2O3/c12-8(13)3-5-11-9(14)7-2-1-4-10-6-7/h7,10H,1-6H2,(H,11,14)(H,12,13)/t7-/m0/s1.